The van der Waals surface area contributed by atoms with Gasteiger partial charge in [-0.3, -0.25) is 4.79 Å². The van der Waals surface area contributed by atoms with Crippen molar-refractivity contribution in [2.24, 2.45) is 5.41 Å². The molecule has 0 saturated carbocycles. The minimum atomic E-state index is -0.359. The van der Waals surface area contributed by atoms with Gasteiger partial charge in [0.05, 0.1) is 17.7 Å². The molecular weight excluding hydrogens is 226 g/mol. The first-order valence-electron chi connectivity index (χ1n) is 6.83. The van der Waals surface area contributed by atoms with Gasteiger partial charge in [0.15, 0.2) is 5.78 Å². The molecule has 0 bridgehead atoms. The van der Waals surface area contributed by atoms with Crippen LogP contribution in [0.3, 0.4) is 0 Å². The first kappa shape index (κ1) is 17.6. The van der Waals surface area contributed by atoms with Crippen molar-refractivity contribution in [2.75, 3.05) is 0 Å². The zero-order valence-corrected chi connectivity index (χ0v) is 13.5. The Labute approximate surface area is 113 Å². The Kier molecular flexibility index (Phi) is 6.02. The highest BCUT2D eigenvalue weighted by molar-refractivity contribution is 5.89. The van der Waals surface area contributed by atoms with Gasteiger partial charge in [0.1, 0.15) is 0 Å². The number of ketones is 1. The van der Waals surface area contributed by atoms with Gasteiger partial charge in [-0.1, -0.05) is 34.6 Å². The zero-order valence-electron chi connectivity index (χ0n) is 13.5. The largest absolute Gasteiger partial charge is 0.371 e. The Morgan fingerprint density at radius 3 is 1.72 bits per heavy atom. The van der Waals surface area contributed by atoms with Crippen LogP contribution in [0.4, 0.5) is 0 Å². The van der Waals surface area contributed by atoms with Crippen LogP contribution < -0.4 is 5.32 Å². The number of nitrogens with one attached hydrogen (secondary N) is 1. The maximum Gasteiger partial charge on any atom is 0.157 e. The maximum atomic E-state index is 12.5. The first-order chi connectivity index (χ1) is 7.84. The van der Waals surface area contributed by atoms with Crippen LogP contribution in [0.1, 0.15) is 62.3 Å². The quantitative estimate of drug-likeness (QED) is 0.822. The average Bonchev–Trinajstić information content (AvgIpc) is 2.08. The lowest BCUT2D eigenvalue weighted by atomic mass is 9.84. The summed E-state index contributed by atoms with van der Waals surface area (Å²) >= 11 is 0. The van der Waals surface area contributed by atoms with Gasteiger partial charge in [0.25, 0.3) is 0 Å². The molecule has 18 heavy (non-hydrogen) atoms. The summed E-state index contributed by atoms with van der Waals surface area (Å²) < 4.78 is 5.93. The number of carbonyl (C=O) groups excluding carboxylic acids is 1. The molecule has 0 aliphatic rings. The molecule has 0 aliphatic carbocycles. The van der Waals surface area contributed by atoms with Crippen LogP contribution in [0, 0.1) is 5.41 Å². The third kappa shape index (κ3) is 6.50. The van der Waals surface area contributed by atoms with Crippen LogP contribution >= 0.6 is 0 Å². The number of hydrogen-bond donors (Lipinski definition) is 1. The topological polar surface area (TPSA) is 38.3 Å². The molecule has 0 aromatic carbocycles. The average molecular weight is 257 g/mol. The summed E-state index contributed by atoms with van der Waals surface area (Å²) in [6, 6.07) is -0.00320. The molecule has 2 unspecified atom stereocenters. The van der Waals surface area contributed by atoms with E-state index < -0.39 is 0 Å². The number of ether oxygens (including phenoxy) is 1. The number of rotatable bonds is 5. The van der Waals surface area contributed by atoms with Crippen molar-refractivity contribution < 1.29 is 9.53 Å². The molecule has 2 atom stereocenters. The maximum absolute atomic E-state index is 12.5. The van der Waals surface area contributed by atoms with Crippen molar-refractivity contribution in [1.82, 2.24) is 5.32 Å². The van der Waals surface area contributed by atoms with Gasteiger partial charge in [-0.15, -0.1) is 0 Å². The van der Waals surface area contributed by atoms with Gasteiger partial charge in [-0.05, 0) is 27.7 Å². The van der Waals surface area contributed by atoms with Gasteiger partial charge in [0, 0.05) is 11.5 Å². The fourth-order valence-electron chi connectivity index (χ4n) is 1.88. The fraction of sp³-hybridized carbons (Fsp3) is 0.933. The summed E-state index contributed by atoms with van der Waals surface area (Å²) in [6.45, 7) is 18.0. The zero-order chi connectivity index (χ0) is 14.7. The molecule has 3 nitrogen and oxygen atoms in total. The molecular formula is C15H31NO2. The minimum Gasteiger partial charge on any atom is -0.371 e. The summed E-state index contributed by atoms with van der Waals surface area (Å²) in [5.41, 5.74) is -0.601. The molecule has 0 aromatic rings. The Morgan fingerprint density at radius 1 is 1.00 bits per heavy atom. The lowest BCUT2D eigenvalue weighted by Gasteiger charge is -2.34. The van der Waals surface area contributed by atoms with Crippen LogP contribution in [-0.4, -0.2) is 29.6 Å². The van der Waals surface area contributed by atoms with E-state index >= 15 is 0 Å². The highest BCUT2D eigenvalue weighted by atomic mass is 16.5. The van der Waals surface area contributed by atoms with E-state index in [0.29, 0.717) is 0 Å². The molecule has 0 heterocycles. The summed E-state index contributed by atoms with van der Waals surface area (Å²) in [7, 11) is 0. The van der Waals surface area contributed by atoms with Crippen molar-refractivity contribution >= 4 is 5.78 Å². The van der Waals surface area contributed by atoms with Crippen molar-refractivity contribution in [3.8, 4) is 0 Å². The van der Waals surface area contributed by atoms with Crippen LogP contribution in [0.15, 0.2) is 0 Å². The molecule has 0 rings (SSSR count). The van der Waals surface area contributed by atoms with Gasteiger partial charge < -0.3 is 10.1 Å². The molecule has 0 saturated heterocycles. The molecule has 0 radical (unpaired) electrons. The van der Waals surface area contributed by atoms with E-state index in [9.17, 15) is 4.79 Å². The van der Waals surface area contributed by atoms with Crippen molar-refractivity contribution in [1.29, 1.82) is 0 Å². The van der Waals surface area contributed by atoms with Crippen LogP contribution in [0.5, 0.6) is 0 Å². The standard InChI is InChI=1S/C15H31NO2/c1-10(2)16-12(13(17)14(4,5)6)11(3)18-15(7,8)9/h10-12,16H,1-9H3. The predicted molar refractivity (Wildman–Crippen MR) is 76.8 cm³/mol. The minimum absolute atomic E-state index is 0.140. The lowest BCUT2D eigenvalue weighted by molar-refractivity contribution is -0.136. The van der Waals surface area contributed by atoms with Gasteiger partial charge in [-0.25, -0.2) is 0 Å². The lowest BCUT2D eigenvalue weighted by Crippen LogP contribution is -2.53. The monoisotopic (exact) mass is 257 g/mol. The highest BCUT2D eigenvalue weighted by Gasteiger charge is 2.35. The summed E-state index contributed by atoms with van der Waals surface area (Å²) in [4.78, 5) is 12.5. The van der Waals surface area contributed by atoms with E-state index in [2.05, 4.69) is 5.32 Å². The summed E-state index contributed by atoms with van der Waals surface area (Å²) in [5.74, 6) is 0.202. The Balaban J connectivity index is 4.94. The second-order valence-corrected chi connectivity index (χ2v) is 7.35. The van der Waals surface area contributed by atoms with E-state index in [1.54, 1.807) is 0 Å². The van der Waals surface area contributed by atoms with Crippen LogP contribution in [0.2, 0.25) is 0 Å². The number of Topliss-reactive ketones (excluding diaryl/α,β-unsaturated/α-hetero) is 1. The van der Waals surface area contributed by atoms with Crippen molar-refractivity contribution in [3.05, 3.63) is 0 Å². The van der Waals surface area contributed by atoms with Gasteiger partial charge in [0.2, 0.25) is 0 Å². The molecule has 0 aliphatic heterocycles. The highest BCUT2D eigenvalue weighted by Crippen LogP contribution is 2.22. The van der Waals surface area contributed by atoms with E-state index in [1.165, 1.54) is 0 Å². The number of carbonyl (C=O) groups is 1. The molecule has 0 aromatic heterocycles. The number of hydrogen-bond acceptors (Lipinski definition) is 3. The van der Waals surface area contributed by atoms with E-state index in [-0.39, 0.29) is 35.0 Å². The second-order valence-electron chi connectivity index (χ2n) is 7.35. The fourth-order valence-corrected chi connectivity index (χ4v) is 1.88. The van der Waals surface area contributed by atoms with Gasteiger partial charge in [-0.2, -0.15) is 0 Å². The van der Waals surface area contributed by atoms with Crippen molar-refractivity contribution in [2.45, 2.75) is 86.1 Å². The van der Waals surface area contributed by atoms with E-state index in [4.69, 9.17) is 4.74 Å². The van der Waals surface area contributed by atoms with E-state index in [0.717, 1.165) is 0 Å². The third-order valence-electron chi connectivity index (χ3n) is 2.54. The van der Waals surface area contributed by atoms with E-state index in [1.807, 2.05) is 62.3 Å². The smallest absolute Gasteiger partial charge is 0.157 e. The van der Waals surface area contributed by atoms with Gasteiger partial charge >= 0.3 is 0 Å². The SMILES string of the molecule is CC(C)NC(C(=O)C(C)(C)C)C(C)OC(C)(C)C. The second kappa shape index (κ2) is 6.16. The Hall–Kier alpha value is -0.410. The van der Waals surface area contributed by atoms with Crippen LogP contribution in [0.25, 0.3) is 0 Å². The summed E-state index contributed by atoms with van der Waals surface area (Å²) in [6.07, 6.45) is -0.140. The molecule has 0 spiro atoms. The first-order valence-corrected chi connectivity index (χ1v) is 6.83. The van der Waals surface area contributed by atoms with Crippen LogP contribution in [-0.2, 0) is 9.53 Å². The summed E-state index contributed by atoms with van der Waals surface area (Å²) in [5, 5.41) is 3.33. The molecule has 0 fully saturated rings. The Bertz CT molecular complexity index is 271. The normalized spacial score (nSPS) is 16.8. The molecule has 0 amide bonds. The van der Waals surface area contributed by atoms with Crippen molar-refractivity contribution in [3.63, 3.8) is 0 Å². The molecule has 108 valence electrons. The molecule has 3 heteroatoms. The molecule has 1 N–H and O–H groups in total. The Morgan fingerprint density at radius 2 is 1.44 bits per heavy atom. The third-order valence-corrected chi connectivity index (χ3v) is 2.54. The predicted octanol–water partition coefficient (Wildman–Crippen LogP) is 3.17.